The second-order valence-corrected chi connectivity index (χ2v) is 10.6. The van der Waals surface area contributed by atoms with E-state index < -0.39 is 43.0 Å². The highest BCUT2D eigenvalue weighted by atomic mass is 32.3. The van der Waals surface area contributed by atoms with E-state index in [1.807, 2.05) is 0 Å². The molecule has 0 aromatic heterocycles. The minimum atomic E-state index is -1.86. The fourth-order valence-corrected chi connectivity index (χ4v) is 7.66. The molecule has 158 valence electrons. The zero-order chi connectivity index (χ0) is 21.0. The molecule has 1 N–H and O–H groups in total. The lowest BCUT2D eigenvalue weighted by atomic mass is 10.1. The van der Waals surface area contributed by atoms with Gasteiger partial charge in [-0.25, -0.2) is 0 Å². The molecule has 1 aromatic rings. The highest BCUT2D eigenvalue weighted by molar-refractivity contribution is 8.30. The molecule has 0 saturated carbocycles. The number of rotatable bonds is 6. The van der Waals surface area contributed by atoms with Gasteiger partial charge < -0.3 is 5.11 Å². The molecule has 11 heteroatoms. The lowest BCUT2D eigenvalue weighted by Gasteiger charge is -2.35. The van der Waals surface area contributed by atoms with Gasteiger partial charge in [0.2, 0.25) is 0 Å². The first-order valence-electron chi connectivity index (χ1n) is 9.61. The molecule has 1 saturated heterocycles. The Hall–Kier alpha value is -2.69. The van der Waals surface area contributed by atoms with Crippen LogP contribution in [-0.2, 0) is 4.28 Å². The van der Waals surface area contributed by atoms with Crippen molar-refractivity contribution in [3.8, 4) is 5.75 Å². The lowest BCUT2D eigenvalue weighted by Crippen LogP contribution is -2.24. The fourth-order valence-electron chi connectivity index (χ4n) is 3.86. The molecule has 10 nitrogen and oxygen atoms in total. The molecule has 0 radical (unpaired) electrons. The summed E-state index contributed by atoms with van der Waals surface area (Å²) in [6.45, 7) is 0. The Morgan fingerprint density at radius 3 is 2.31 bits per heavy atom. The van der Waals surface area contributed by atoms with Crippen molar-refractivity contribution in [2.75, 3.05) is 11.5 Å². The minimum absolute atomic E-state index is 0.0581. The number of aromatic hydroxyl groups is 1. The maximum atomic E-state index is 12.9. The molecule has 1 aliphatic heterocycles. The van der Waals surface area contributed by atoms with E-state index in [0.717, 1.165) is 62.5 Å². The molecular weight excluding hydrogens is 402 g/mol. The molecule has 2 aliphatic rings. The molecule has 0 amide bonds. The summed E-state index contributed by atoms with van der Waals surface area (Å²) in [5.41, 5.74) is -2.17. The topological polar surface area (TPSA) is 136 Å². The van der Waals surface area contributed by atoms with E-state index in [-0.39, 0.29) is 10.2 Å². The van der Waals surface area contributed by atoms with Crippen LogP contribution in [0, 0.1) is 25.1 Å². The van der Waals surface area contributed by atoms with Crippen LogP contribution < -0.4 is 0 Å². The predicted octanol–water partition coefficient (Wildman–Crippen LogP) is 4.95. The first-order chi connectivity index (χ1) is 13.8. The summed E-state index contributed by atoms with van der Waals surface area (Å²) in [6.07, 6.45) is 11.2. The number of phenols is 1. The Labute approximate surface area is 168 Å². The summed E-state index contributed by atoms with van der Waals surface area (Å²) in [5, 5.41) is 32.6. The first-order valence-corrected chi connectivity index (χ1v) is 11.6. The Morgan fingerprint density at radius 1 is 0.966 bits per heavy atom. The monoisotopic (exact) mass is 426 g/mol. The van der Waals surface area contributed by atoms with Crippen LogP contribution in [0.1, 0.15) is 44.9 Å². The second-order valence-electron chi connectivity index (χ2n) is 7.27. The van der Waals surface area contributed by atoms with Gasteiger partial charge in [-0.15, -0.1) is 0 Å². The van der Waals surface area contributed by atoms with Crippen molar-refractivity contribution in [1.82, 2.24) is 0 Å². The van der Waals surface area contributed by atoms with Crippen molar-refractivity contribution in [2.24, 2.45) is 0 Å². The summed E-state index contributed by atoms with van der Waals surface area (Å²) in [4.78, 5) is 33.4. The molecular formula is C18H24N3O7S+. The van der Waals surface area contributed by atoms with E-state index in [1.165, 1.54) is 0 Å². The number of phenolic OH excluding ortho intramolecular Hbond substituents is 1. The highest BCUT2D eigenvalue weighted by Gasteiger charge is 2.45. The van der Waals surface area contributed by atoms with Gasteiger partial charge in [-0.1, -0.05) is 25.0 Å². The van der Waals surface area contributed by atoms with E-state index in [1.54, 1.807) is 0 Å². The summed E-state index contributed by atoms with van der Waals surface area (Å²) >= 11 is 0. The van der Waals surface area contributed by atoms with Crippen LogP contribution in [0.25, 0.3) is 0 Å². The molecule has 1 heterocycles. The van der Waals surface area contributed by atoms with Crippen LogP contribution in [0.15, 0.2) is 24.3 Å². The molecule has 0 bridgehead atoms. The van der Waals surface area contributed by atoms with E-state index in [0.29, 0.717) is 6.07 Å². The van der Waals surface area contributed by atoms with E-state index in [2.05, 4.69) is 12.2 Å². The smallest absolute Gasteiger partial charge is 0.373 e. The molecule has 1 unspecified atom stereocenters. The quantitative estimate of drug-likeness (QED) is 0.386. The number of nitrogens with zero attached hydrogens (tertiary/aromatic N) is 3. The summed E-state index contributed by atoms with van der Waals surface area (Å²) in [7, 11) is -1.86. The molecule has 1 fully saturated rings. The normalized spacial score (nSPS) is 23.4. The number of benzene rings is 1. The Bertz CT molecular complexity index is 852. The van der Waals surface area contributed by atoms with Crippen LogP contribution in [0.5, 0.6) is 5.75 Å². The number of hydrogen-bond donors (Lipinski definition) is 1. The van der Waals surface area contributed by atoms with E-state index in [9.17, 15) is 30.2 Å². The number of hydrogen-bond acceptors (Lipinski definition) is 7. The average Bonchev–Trinajstić information content (AvgIpc) is 3.10. The van der Waals surface area contributed by atoms with Crippen LogP contribution >= 0.6 is 10.3 Å². The Morgan fingerprint density at radius 2 is 1.66 bits per heavy atom. The second kappa shape index (κ2) is 8.76. The zero-order valence-corrected chi connectivity index (χ0v) is 16.7. The maximum Gasteiger partial charge on any atom is 0.373 e. The van der Waals surface area contributed by atoms with Gasteiger partial charge in [-0.3, -0.25) is 20.2 Å². The largest absolute Gasteiger partial charge is 0.497 e. The van der Waals surface area contributed by atoms with Crippen molar-refractivity contribution in [3.63, 3.8) is 0 Å². The number of non-ortho nitro benzene ring substituents is 1. The third kappa shape index (κ3) is 4.50. The summed E-state index contributed by atoms with van der Waals surface area (Å²) in [5.74, 6) is 0.508. The van der Waals surface area contributed by atoms with Gasteiger partial charge in [0.1, 0.15) is 6.07 Å². The van der Waals surface area contributed by atoms with Crippen LogP contribution in [0.3, 0.4) is 0 Å². The first kappa shape index (κ1) is 21.0. The zero-order valence-electron chi connectivity index (χ0n) is 15.9. The third-order valence-corrected chi connectivity index (χ3v) is 9.25. The van der Waals surface area contributed by atoms with Crippen LogP contribution in [-0.4, -0.2) is 36.6 Å². The molecule has 3 rings (SSSR count). The van der Waals surface area contributed by atoms with Crippen molar-refractivity contribution in [3.05, 3.63) is 49.4 Å². The van der Waals surface area contributed by atoms with Gasteiger partial charge in [0.15, 0.2) is 0 Å². The SMILES string of the molecule is O=[N+]([O-])c1cc([N+](=O)[O-])c(O)c([N+](=O)OS2(C3/C=C\CCCCC3)CCCC2)c1. The van der Waals surface area contributed by atoms with Gasteiger partial charge in [-0.2, -0.15) is 4.28 Å². The highest BCUT2D eigenvalue weighted by Crippen LogP contribution is 2.61. The standard InChI is InChI=1S/C18H23N3O7S/c22-18-16(20(25)26)12-14(19(23)24)13-17(18)21(27)28-29(10-6-7-11-29)15-8-4-2-1-3-5-9-15/h4,8,12-13,15H,1-3,5-7,9-11H2/p+1/b8-4-. The Kier molecular flexibility index (Phi) is 6.36. The minimum Gasteiger partial charge on any atom is -0.497 e. The summed E-state index contributed by atoms with van der Waals surface area (Å²) < 4.78 is 5.88. The van der Waals surface area contributed by atoms with E-state index in [4.69, 9.17) is 4.28 Å². The molecule has 0 spiro atoms. The molecule has 29 heavy (non-hydrogen) atoms. The Balaban J connectivity index is 1.95. The van der Waals surface area contributed by atoms with E-state index >= 15 is 0 Å². The molecule has 1 atom stereocenters. The average molecular weight is 426 g/mol. The van der Waals surface area contributed by atoms with Gasteiger partial charge in [0.25, 0.3) is 16.4 Å². The van der Waals surface area contributed by atoms with Crippen LogP contribution in [0.4, 0.5) is 17.1 Å². The van der Waals surface area contributed by atoms with Gasteiger partial charge in [0.05, 0.1) is 20.8 Å². The molecule has 1 aromatic carbocycles. The van der Waals surface area contributed by atoms with Crippen LogP contribution in [0.2, 0.25) is 0 Å². The number of nitro benzene ring substituents is 2. The van der Waals surface area contributed by atoms with Gasteiger partial charge in [-0.05, 0) is 42.4 Å². The van der Waals surface area contributed by atoms with Crippen molar-refractivity contribution < 1.29 is 24.2 Å². The maximum absolute atomic E-state index is 12.9. The van der Waals surface area contributed by atoms with Crippen molar-refractivity contribution in [1.29, 1.82) is 0 Å². The summed E-state index contributed by atoms with van der Waals surface area (Å²) in [6, 6.07) is 1.44. The fraction of sp³-hybridized carbons (Fsp3) is 0.556. The van der Waals surface area contributed by atoms with Crippen molar-refractivity contribution >= 4 is 27.4 Å². The van der Waals surface area contributed by atoms with Gasteiger partial charge >= 0.3 is 11.4 Å². The lowest BCUT2D eigenvalue weighted by molar-refractivity contribution is -0.697. The third-order valence-electron chi connectivity index (χ3n) is 5.37. The number of nitro groups is 2. The number of allylic oxidation sites excluding steroid dienone is 1. The van der Waals surface area contributed by atoms with Gasteiger partial charge in [0, 0.05) is 16.8 Å². The van der Waals surface area contributed by atoms with Crippen molar-refractivity contribution in [2.45, 2.75) is 50.2 Å². The predicted molar refractivity (Wildman–Crippen MR) is 108 cm³/mol. The molecule has 1 aliphatic carbocycles.